The molecule has 1 unspecified atom stereocenters. The Balaban J connectivity index is 1.54. The van der Waals surface area contributed by atoms with Crippen molar-refractivity contribution in [3.05, 3.63) is 12.2 Å². The number of hydrogen-bond donors (Lipinski definition) is 1. The van der Waals surface area contributed by atoms with E-state index >= 15 is 0 Å². The van der Waals surface area contributed by atoms with Gasteiger partial charge in [-0.25, -0.2) is 0 Å². The third kappa shape index (κ3) is 4.07. The highest BCUT2D eigenvalue weighted by Crippen LogP contribution is 2.31. The van der Waals surface area contributed by atoms with Gasteiger partial charge in [0, 0.05) is 26.1 Å². The van der Waals surface area contributed by atoms with Crippen LogP contribution in [0.5, 0.6) is 0 Å². The maximum atomic E-state index is 12.4. The lowest BCUT2D eigenvalue weighted by molar-refractivity contribution is -0.124. The van der Waals surface area contributed by atoms with E-state index in [0.717, 1.165) is 58.5 Å². The Labute approximate surface area is 127 Å². The van der Waals surface area contributed by atoms with Gasteiger partial charge in [0.05, 0.1) is 18.8 Å². The zero-order valence-electron chi connectivity index (χ0n) is 13.0. The molecule has 1 heterocycles. The van der Waals surface area contributed by atoms with Crippen LogP contribution in [0.15, 0.2) is 12.2 Å². The molecule has 118 valence electrons. The average molecular weight is 292 g/mol. The quantitative estimate of drug-likeness (QED) is 0.789. The van der Waals surface area contributed by atoms with Gasteiger partial charge >= 0.3 is 0 Å². The second kappa shape index (κ2) is 6.93. The van der Waals surface area contributed by atoms with E-state index in [1.807, 2.05) is 0 Å². The van der Waals surface area contributed by atoms with Crippen LogP contribution in [0.3, 0.4) is 0 Å². The van der Waals surface area contributed by atoms with Crippen molar-refractivity contribution in [2.75, 3.05) is 32.8 Å². The molecule has 1 saturated carbocycles. The Bertz CT molecular complexity index is 382. The largest absolute Gasteiger partial charge is 0.379 e. The SMILES string of the molecule is O=C(CC1C=CCC1)NC1(CN2CCOCC2)CCCC1. The Kier molecular flexibility index (Phi) is 4.96. The van der Waals surface area contributed by atoms with Crippen molar-refractivity contribution >= 4 is 5.91 Å². The third-order valence-electron chi connectivity index (χ3n) is 5.16. The molecular formula is C17H28N2O2. The van der Waals surface area contributed by atoms with Gasteiger partial charge in [-0.15, -0.1) is 0 Å². The highest BCUT2D eigenvalue weighted by molar-refractivity contribution is 5.77. The van der Waals surface area contributed by atoms with Crippen LogP contribution in [-0.2, 0) is 9.53 Å². The lowest BCUT2D eigenvalue weighted by Crippen LogP contribution is -2.55. The summed E-state index contributed by atoms with van der Waals surface area (Å²) in [6.07, 6.45) is 12.1. The van der Waals surface area contributed by atoms with Crippen LogP contribution in [0.25, 0.3) is 0 Å². The van der Waals surface area contributed by atoms with Crippen molar-refractivity contribution in [1.29, 1.82) is 0 Å². The molecule has 4 nitrogen and oxygen atoms in total. The number of morpholine rings is 1. The number of rotatable bonds is 5. The molecule has 1 amide bonds. The Morgan fingerprint density at radius 1 is 1.29 bits per heavy atom. The lowest BCUT2D eigenvalue weighted by Gasteiger charge is -2.38. The Morgan fingerprint density at radius 2 is 2.05 bits per heavy atom. The molecule has 0 aromatic rings. The molecule has 0 aromatic carbocycles. The first-order valence-electron chi connectivity index (χ1n) is 8.54. The van der Waals surface area contributed by atoms with E-state index in [0.29, 0.717) is 12.3 Å². The van der Waals surface area contributed by atoms with Gasteiger partial charge < -0.3 is 10.1 Å². The first kappa shape index (κ1) is 15.0. The van der Waals surface area contributed by atoms with Crippen LogP contribution < -0.4 is 5.32 Å². The minimum Gasteiger partial charge on any atom is -0.379 e. The first-order valence-corrected chi connectivity index (χ1v) is 8.54. The molecule has 1 atom stereocenters. The summed E-state index contributed by atoms with van der Waals surface area (Å²) in [6, 6.07) is 0. The number of ether oxygens (including phenoxy) is 1. The van der Waals surface area contributed by atoms with Gasteiger partial charge in [0.1, 0.15) is 0 Å². The normalized spacial score (nSPS) is 28.9. The van der Waals surface area contributed by atoms with E-state index in [-0.39, 0.29) is 11.4 Å². The summed E-state index contributed by atoms with van der Waals surface area (Å²) in [7, 11) is 0. The van der Waals surface area contributed by atoms with Crippen molar-refractivity contribution in [1.82, 2.24) is 10.2 Å². The minimum atomic E-state index is 0.0245. The van der Waals surface area contributed by atoms with Crippen molar-refractivity contribution in [2.24, 2.45) is 5.92 Å². The molecule has 4 heteroatoms. The number of nitrogens with zero attached hydrogens (tertiary/aromatic N) is 1. The number of carbonyl (C=O) groups is 1. The zero-order valence-corrected chi connectivity index (χ0v) is 13.0. The van der Waals surface area contributed by atoms with E-state index in [1.165, 1.54) is 12.8 Å². The van der Waals surface area contributed by atoms with E-state index in [9.17, 15) is 4.79 Å². The molecule has 0 radical (unpaired) electrons. The van der Waals surface area contributed by atoms with Crippen LogP contribution in [-0.4, -0.2) is 49.2 Å². The highest BCUT2D eigenvalue weighted by atomic mass is 16.5. The maximum absolute atomic E-state index is 12.4. The van der Waals surface area contributed by atoms with Crippen LogP contribution in [0, 0.1) is 5.92 Å². The van der Waals surface area contributed by atoms with E-state index in [1.54, 1.807) is 0 Å². The van der Waals surface area contributed by atoms with Gasteiger partial charge in [-0.2, -0.15) is 0 Å². The Morgan fingerprint density at radius 3 is 2.71 bits per heavy atom. The topological polar surface area (TPSA) is 41.6 Å². The summed E-state index contributed by atoms with van der Waals surface area (Å²) >= 11 is 0. The average Bonchev–Trinajstić information content (AvgIpc) is 3.12. The number of nitrogens with one attached hydrogen (secondary N) is 1. The summed E-state index contributed by atoms with van der Waals surface area (Å²) in [5.74, 6) is 0.716. The van der Waals surface area contributed by atoms with Gasteiger partial charge in [-0.05, 0) is 31.6 Å². The van der Waals surface area contributed by atoms with Gasteiger partial charge in [-0.3, -0.25) is 9.69 Å². The third-order valence-corrected chi connectivity index (χ3v) is 5.16. The Hall–Kier alpha value is -0.870. The molecule has 3 aliphatic rings. The number of hydrogen-bond acceptors (Lipinski definition) is 3. The van der Waals surface area contributed by atoms with Crippen LogP contribution in [0.4, 0.5) is 0 Å². The zero-order chi connectivity index (χ0) is 14.5. The van der Waals surface area contributed by atoms with E-state index in [4.69, 9.17) is 4.74 Å². The van der Waals surface area contributed by atoms with Crippen molar-refractivity contribution in [2.45, 2.75) is 50.5 Å². The van der Waals surface area contributed by atoms with Gasteiger partial charge in [-0.1, -0.05) is 25.0 Å². The molecule has 3 rings (SSSR count). The molecule has 2 fully saturated rings. The van der Waals surface area contributed by atoms with Crippen molar-refractivity contribution in [3.8, 4) is 0 Å². The molecular weight excluding hydrogens is 264 g/mol. The molecule has 0 spiro atoms. The number of carbonyl (C=O) groups excluding carboxylic acids is 1. The predicted molar refractivity (Wildman–Crippen MR) is 83.1 cm³/mol. The first-order chi connectivity index (χ1) is 10.3. The summed E-state index contributed by atoms with van der Waals surface area (Å²) in [5.41, 5.74) is 0.0245. The summed E-state index contributed by atoms with van der Waals surface area (Å²) in [6.45, 7) is 4.67. The molecule has 2 aliphatic carbocycles. The summed E-state index contributed by atoms with van der Waals surface area (Å²) < 4.78 is 5.43. The van der Waals surface area contributed by atoms with Crippen LogP contribution in [0.2, 0.25) is 0 Å². The molecule has 21 heavy (non-hydrogen) atoms. The monoisotopic (exact) mass is 292 g/mol. The van der Waals surface area contributed by atoms with Crippen LogP contribution >= 0.6 is 0 Å². The molecule has 0 bridgehead atoms. The smallest absolute Gasteiger partial charge is 0.221 e. The lowest BCUT2D eigenvalue weighted by atomic mass is 9.95. The predicted octanol–water partition coefficient (Wildman–Crippen LogP) is 2.10. The number of amides is 1. The fourth-order valence-electron chi connectivity index (χ4n) is 4.01. The highest BCUT2D eigenvalue weighted by Gasteiger charge is 2.37. The maximum Gasteiger partial charge on any atom is 0.221 e. The fourth-order valence-corrected chi connectivity index (χ4v) is 4.01. The molecule has 1 N–H and O–H groups in total. The van der Waals surface area contributed by atoms with Crippen LogP contribution in [0.1, 0.15) is 44.9 Å². The molecule has 1 saturated heterocycles. The summed E-state index contributed by atoms with van der Waals surface area (Å²) in [5, 5.41) is 3.41. The minimum absolute atomic E-state index is 0.0245. The number of allylic oxidation sites excluding steroid dienone is 2. The second-order valence-electron chi connectivity index (χ2n) is 6.89. The summed E-state index contributed by atoms with van der Waals surface area (Å²) in [4.78, 5) is 14.9. The van der Waals surface area contributed by atoms with Crippen molar-refractivity contribution in [3.63, 3.8) is 0 Å². The van der Waals surface area contributed by atoms with E-state index < -0.39 is 0 Å². The van der Waals surface area contributed by atoms with Gasteiger partial charge in [0.25, 0.3) is 0 Å². The van der Waals surface area contributed by atoms with E-state index in [2.05, 4.69) is 22.4 Å². The second-order valence-corrected chi connectivity index (χ2v) is 6.89. The fraction of sp³-hybridized carbons (Fsp3) is 0.824. The van der Waals surface area contributed by atoms with Gasteiger partial charge in [0.2, 0.25) is 5.91 Å². The van der Waals surface area contributed by atoms with Gasteiger partial charge in [0.15, 0.2) is 0 Å². The molecule has 1 aliphatic heterocycles. The molecule has 0 aromatic heterocycles. The standard InChI is InChI=1S/C17H28N2O2/c20-16(13-15-5-1-2-6-15)18-17(7-3-4-8-17)14-19-9-11-21-12-10-19/h1,5,15H,2-4,6-14H2,(H,18,20). The van der Waals surface area contributed by atoms with Crippen molar-refractivity contribution < 1.29 is 9.53 Å².